The minimum Gasteiger partial charge on any atom is -0.338 e. The number of nitrogens with zero attached hydrogens (tertiary/aromatic N) is 3. The number of H-pyrrole nitrogens is 1. The average molecular weight is 390 g/mol. The van der Waals surface area contributed by atoms with Crippen molar-refractivity contribution in [1.29, 1.82) is 0 Å². The first-order chi connectivity index (χ1) is 13.9. The van der Waals surface area contributed by atoms with Crippen LogP contribution in [0.15, 0.2) is 53.3 Å². The molecule has 0 bridgehead atoms. The number of benzene rings is 2. The van der Waals surface area contributed by atoms with Gasteiger partial charge >= 0.3 is 0 Å². The fraction of sp³-hybridized carbons (Fsp3) is 0.273. The second-order valence-electron chi connectivity index (χ2n) is 7.47. The third kappa shape index (κ3) is 3.76. The Labute approximate surface area is 168 Å². The molecule has 2 aromatic carbocycles. The molecule has 0 radical (unpaired) electrons. The van der Waals surface area contributed by atoms with E-state index in [0.717, 1.165) is 11.3 Å². The van der Waals surface area contributed by atoms with E-state index in [0.29, 0.717) is 23.3 Å². The van der Waals surface area contributed by atoms with E-state index >= 15 is 0 Å². The van der Waals surface area contributed by atoms with Crippen LogP contribution < -0.4 is 10.5 Å². The zero-order chi connectivity index (χ0) is 20.5. The maximum atomic E-state index is 12.9. The Kier molecular flexibility index (Phi) is 4.88. The number of amides is 2. The largest absolute Gasteiger partial charge is 0.338 e. The summed E-state index contributed by atoms with van der Waals surface area (Å²) in [6.45, 7) is 2.52. The molecule has 1 aliphatic rings. The van der Waals surface area contributed by atoms with Crippen molar-refractivity contribution in [2.45, 2.75) is 19.9 Å². The van der Waals surface area contributed by atoms with E-state index in [1.165, 1.54) is 4.90 Å². The van der Waals surface area contributed by atoms with Gasteiger partial charge in [-0.05, 0) is 31.2 Å². The van der Waals surface area contributed by atoms with Gasteiger partial charge in [0.15, 0.2) is 0 Å². The monoisotopic (exact) mass is 390 g/mol. The molecule has 7 nitrogen and oxygen atoms in total. The van der Waals surface area contributed by atoms with Gasteiger partial charge in [0, 0.05) is 25.7 Å². The topological polar surface area (TPSA) is 86.4 Å². The summed E-state index contributed by atoms with van der Waals surface area (Å²) in [5.41, 5.74) is 2.28. The van der Waals surface area contributed by atoms with Gasteiger partial charge in [0.1, 0.15) is 5.82 Å². The second-order valence-corrected chi connectivity index (χ2v) is 7.47. The molecule has 7 heteroatoms. The van der Waals surface area contributed by atoms with Crippen molar-refractivity contribution in [3.8, 4) is 0 Å². The molecule has 0 spiro atoms. The van der Waals surface area contributed by atoms with Gasteiger partial charge in [0.05, 0.1) is 23.4 Å². The van der Waals surface area contributed by atoms with Gasteiger partial charge in [-0.15, -0.1) is 0 Å². The number of aromatic amines is 1. The Morgan fingerprint density at radius 3 is 2.66 bits per heavy atom. The minimum absolute atomic E-state index is 0.0576. The molecule has 0 saturated carbocycles. The number of anilines is 1. The molecule has 1 aromatic heterocycles. The van der Waals surface area contributed by atoms with Crippen LogP contribution in [0, 0.1) is 12.8 Å². The number of nitrogens with one attached hydrogen (secondary N) is 1. The van der Waals surface area contributed by atoms with Gasteiger partial charge in [0.25, 0.3) is 5.56 Å². The summed E-state index contributed by atoms with van der Waals surface area (Å²) in [5, 5.41) is 0.514. The summed E-state index contributed by atoms with van der Waals surface area (Å²) in [6, 6.07) is 14.8. The van der Waals surface area contributed by atoms with Crippen LogP contribution in [0.2, 0.25) is 0 Å². The lowest BCUT2D eigenvalue weighted by Gasteiger charge is -2.21. The Morgan fingerprint density at radius 1 is 1.17 bits per heavy atom. The molecule has 1 saturated heterocycles. The minimum atomic E-state index is -0.416. The van der Waals surface area contributed by atoms with Crippen molar-refractivity contribution >= 4 is 28.4 Å². The average Bonchev–Trinajstić information content (AvgIpc) is 3.09. The van der Waals surface area contributed by atoms with Crippen molar-refractivity contribution < 1.29 is 9.59 Å². The smallest absolute Gasteiger partial charge is 0.258 e. The van der Waals surface area contributed by atoms with Crippen LogP contribution in [0.3, 0.4) is 0 Å². The molecule has 2 heterocycles. The molecule has 29 heavy (non-hydrogen) atoms. The Balaban J connectivity index is 1.48. The zero-order valence-corrected chi connectivity index (χ0v) is 16.4. The lowest BCUT2D eigenvalue weighted by atomic mass is 10.1. The van der Waals surface area contributed by atoms with Crippen molar-refractivity contribution in [3.63, 3.8) is 0 Å². The van der Waals surface area contributed by atoms with Gasteiger partial charge in [-0.1, -0.05) is 29.8 Å². The number of rotatable bonds is 4. The van der Waals surface area contributed by atoms with Crippen LogP contribution in [-0.2, 0) is 16.1 Å². The Morgan fingerprint density at radius 2 is 1.90 bits per heavy atom. The van der Waals surface area contributed by atoms with Crippen LogP contribution >= 0.6 is 0 Å². The molecular weight excluding hydrogens is 368 g/mol. The van der Waals surface area contributed by atoms with E-state index in [-0.39, 0.29) is 30.3 Å². The van der Waals surface area contributed by atoms with Gasteiger partial charge < -0.3 is 14.8 Å². The van der Waals surface area contributed by atoms with Crippen molar-refractivity contribution in [1.82, 2.24) is 14.9 Å². The standard InChI is InChI=1S/C22H22N4O3/c1-14-7-9-16(10-8-14)26-12-15(11-20(26)27)22(29)25(2)13-19-23-18-6-4-3-5-17(18)21(28)24-19/h3-10,15H,11-13H2,1-2H3,(H,23,24,28). The van der Waals surface area contributed by atoms with E-state index in [2.05, 4.69) is 9.97 Å². The highest BCUT2D eigenvalue weighted by molar-refractivity contribution is 6.00. The molecule has 1 atom stereocenters. The van der Waals surface area contributed by atoms with Crippen molar-refractivity contribution in [3.05, 3.63) is 70.3 Å². The molecule has 3 aromatic rings. The van der Waals surface area contributed by atoms with Crippen LogP contribution in [0.1, 0.15) is 17.8 Å². The highest BCUT2D eigenvalue weighted by atomic mass is 16.2. The zero-order valence-electron chi connectivity index (χ0n) is 16.4. The third-order valence-electron chi connectivity index (χ3n) is 5.24. The maximum Gasteiger partial charge on any atom is 0.258 e. The number of fused-ring (bicyclic) bond motifs is 1. The van der Waals surface area contributed by atoms with Gasteiger partial charge in [-0.25, -0.2) is 4.98 Å². The normalized spacial score (nSPS) is 16.4. The predicted octanol–water partition coefficient (Wildman–Crippen LogP) is 2.24. The molecule has 0 aliphatic carbocycles. The van der Waals surface area contributed by atoms with Gasteiger partial charge in [-0.2, -0.15) is 0 Å². The second kappa shape index (κ2) is 7.50. The van der Waals surface area contributed by atoms with Crippen molar-refractivity contribution in [2.24, 2.45) is 5.92 Å². The molecule has 1 fully saturated rings. The first-order valence-corrected chi connectivity index (χ1v) is 9.52. The number of aryl methyl sites for hydroxylation is 1. The molecular formula is C22H22N4O3. The summed E-state index contributed by atoms with van der Waals surface area (Å²) in [6.07, 6.45) is 0.179. The first-order valence-electron chi connectivity index (χ1n) is 9.52. The fourth-order valence-electron chi connectivity index (χ4n) is 3.67. The lowest BCUT2D eigenvalue weighted by molar-refractivity contribution is -0.135. The van der Waals surface area contributed by atoms with Crippen molar-refractivity contribution in [2.75, 3.05) is 18.5 Å². The number of hydrogen-bond donors (Lipinski definition) is 1. The number of para-hydroxylation sites is 1. The Hall–Kier alpha value is -3.48. The predicted molar refractivity (Wildman–Crippen MR) is 110 cm³/mol. The van der Waals surface area contributed by atoms with Crippen LogP contribution in [-0.4, -0.2) is 40.3 Å². The summed E-state index contributed by atoms with van der Waals surface area (Å²) >= 11 is 0. The van der Waals surface area contributed by atoms with E-state index in [4.69, 9.17) is 0 Å². The molecule has 1 aliphatic heterocycles. The molecule has 1 N–H and O–H groups in total. The maximum absolute atomic E-state index is 12.9. The summed E-state index contributed by atoms with van der Waals surface area (Å²) in [4.78, 5) is 47.9. The number of carbonyl (C=O) groups excluding carboxylic acids is 2. The van der Waals surface area contributed by atoms with E-state index in [9.17, 15) is 14.4 Å². The van der Waals surface area contributed by atoms with E-state index < -0.39 is 5.92 Å². The highest BCUT2D eigenvalue weighted by Crippen LogP contribution is 2.26. The molecule has 2 amide bonds. The quantitative estimate of drug-likeness (QED) is 0.740. The van der Waals surface area contributed by atoms with Gasteiger partial charge in [-0.3, -0.25) is 14.4 Å². The molecule has 148 valence electrons. The van der Waals surface area contributed by atoms with E-state index in [1.807, 2.05) is 37.3 Å². The first kappa shape index (κ1) is 18.9. The fourth-order valence-corrected chi connectivity index (χ4v) is 3.67. The van der Waals surface area contributed by atoms with Crippen LogP contribution in [0.5, 0.6) is 0 Å². The number of hydrogen-bond acceptors (Lipinski definition) is 4. The lowest BCUT2D eigenvalue weighted by Crippen LogP contribution is -2.35. The van der Waals surface area contributed by atoms with Crippen LogP contribution in [0.25, 0.3) is 10.9 Å². The highest BCUT2D eigenvalue weighted by Gasteiger charge is 2.36. The molecule has 4 rings (SSSR count). The SMILES string of the molecule is Cc1ccc(N2CC(C(=O)N(C)Cc3nc4ccccc4c(=O)[nH]3)CC2=O)cc1. The van der Waals surface area contributed by atoms with E-state index in [1.54, 1.807) is 30.1 Å². The number of carbonyl (C=O) groups is 2. The van der Waals surface area contributed by atoms with Gasteiger partial charge in [0.2, 0.25) is 11.8 Å². The third-order valence-corrected chi connectivity index (χ3v) is 5.24. The van der Waals surface area contributed by atoms with Crippen LogP contribution in [0.4, 0.5) is 5.69 Å². The number of aromatic nitrogens is 2. The Bertz CT molecular complexity index is 1140. The molecule has 1 unspecified atom stereocenters. The summed E-state index contributed by atoms with van der Waals surface area (Å²) in [7, 11) is 1.66. The summed E-state index contributed by atoms with van der Waals surface area (Å²) in [5.74, 6) is -0.188. The summed E-state index contributed by atoms with van der Waals surface area (Å²) < 4.78 is 0.